The van der Waals surface area contributed by atoms with Crippen molar-refractivity contribution in [2.75, 3.05) is 26.3 Å². The molecule has 2 aliphatic heterocycles. The molecule has 0 atom stereocenters. The van der Waals surface area contributed by atoms with Crippen molar-refractivity contribution in [2.45, 2.75) is 44.6 Å². The van der Waals surface area contributed by atoms with Gasteiger partial charge in [0.2, 0.25) is 0 Å². The van der Waals surface area contributed by atoms with Gasteiger partial charge in [-0.1, -0.05) is 6.92 Å². The Hall–Kier alpha value is -0.120. The molecule has 0 radical (unpaired) electrons. The molecule has 2 fully saturated rings. The lowest BCUT2D eigenvalue weighted by Gasteiger charge is -2.42. The zero-order valence-electron chi connectivity index (χ0n) is 9.72. The van der Waals surface area contributed by atoms with Crippen molar-refractivity contribution in [3.8, 4) is 0 Å². The Balaban J connectivity index is 1.93. The third-order valence-corrected chi connectivity index (χ3v) is 3.99. The average molecular weight is 213 g/mol. The predicted octanol–water partition coefficient (Wildman–Crippen LogP) is 1.31. The molecule has 3 heteroatoms. The van der Waals surface area contributed by atoms with E-state index in [1.54, 1.807) is 0 Å². The topological polar surface area (TPSA) is 41.5 Å². The molecule has 0 spiro atoms. The van der Waals surface area contributed by atoms with Crippen LogP contribution in [-0.4, -0.2) is 37.0 Å². The summed E-state index contributed by atoms with van der Waals surface area (Å²) in [5, 5.41) is 13.8. The highest BCUT2D eigenvalue weighted by Crippen LogP contribution is 2.40. The average Bonchev–Trinajstić information content (AvgIpc) is 2.18. The van der Waals surface area contributed by atoms with Crippen LogP contribution in [-0.2, 0) is 4.74 Å². The minimum atomic E-state index is -0.419. The van der Waals surface area contributed by atoms with Crippen LogP contribution in [0.3, 0.4) is 0 Å². The second-order valence-corrected chi connectivity index (χ2v) is 5.57. The summed E-state index contributed by atoms with van der Waals surface area (Å²) >= 11 is 0. The monoisotopic (exact) mass is 213 g/mol. The standard InChI is InChI=1S/C12H23NO2/c1-11(4-8-15-9-5-11)10-12(14)2-6-13-7-3-12/h13-14H,2-10H2,1H3. The van der Waals surface area contributed by atoms with E-state index in [1.807, 2.05) is 0 Å². The number of hydrogen-bond acceptors (Lipinski definition) is 3. The quantitative estimate of drug-likeness (QED) is 0.726. The predicted molar refractivity (Wildman–Crippen MR) is 59.8 cm³/mol. The van der Waals surface area contributed by atoms with E-state index in [0.717, 1.165) is 58.4 Å². The number of ether oxygens (including phenoxy) is 1. The summed E-state index contributed by atoms with van der Waals surface area (Å²) in [5.74, 6) is 0. The highest BCUT2D eigenvalue weighted by Gasteiger charge is 2.38. The summed E-state index contributed by atoms with van der Waals surface area (Å²) in [5.41, 5.74) is -0.123. The van der Waals surface area contributed by atoms with E-state index in [2.05, 4.69) is 12.2 Å². The molecular weight excluding hydrogens is 190 g/mol. The van der Waals surface area contributed by atoms with Crippen molar-refractivity contribution in [3.63, 3.8) is 0 Å². The number of piperidine rings is 1. The molecule has 2 heterocycles. The van der Waals surface area contributed by atoms with Crippen LogP contribution in [0.4, 0.5) is 0 Å². The SMILES string of the molecule is CC1(CC2(O)CCNCC2)CCOCC1. The third-order valence-electron chi connectivity index (χ3n) is 3.99. The molecule has 2 N–H and O–H groups in total. The van der Waals surface area contributed by atoms with Gasteiger partial charge in [0.25, 0.3) is 0 Å². The number of nitrogens with one attached hydrogen (secondary N) is 1. The molecule has 0 unspecified atom stereocenters. The van der Waals surface area contributed by atoms with Gasteiger partial charge in [0.15, 0.2) is 0 Å². The molecule has 0 aromatic carbocycles. The van der Waals surface area contributed by atoms with Gasteiger partial charge in [0.1, 0.15) is 0 Å². The summed E-state index contributed by atoms with van der Waals surface area (Å²) < 4.78 is 5.39. The van der Waals surface area contributed by atoms with E-state index in [-0.39, 0.29) is 0 Å². The van der Waals surface area contributed by atoms with Crippen molar-refractivity contribution in [1.82, 2.24) is 5.32 Å². The van der Waals surface area contributed by atoms with Crippen molar-refractivity contribution in [3.05, 3.63) is 0 Å². The molecule has 0 aromatic rings. The molecule has 0 aromatic heterocycles. The largest absolute Gasteiger partial charge is 0.390 e. The maximum Gasteiger partial charge on any atom is 0.0677 e. The second kappa shape index (κ2) is 4.40. The van der Waals surface area contributed by atoms with Crippen LogP contribution < -0.4 is 5.32 Å². The normalized spacial score (nSPS) is 30.0. The fourth-order valence-corrected chi connectivity index (χ4v) is 2.90. The van der Waals surface area contributed by atoms with Crippen LogP contribution in [0.25, 0.3) is 0 Å². The van der Waals surface area contributed by atoms with Gasteiger partial charge in [-0.25, -0.2) is 0 Å². The van der Waals surface area contributed by atoms with Crippen molar-refractivity contribution < 1.29 is 9.84 Å². The lowest BCUT2D eigenvalue weighted by atomic mass is 9.71. The third kappa shape index (κ3) is 2.92. The first kappa shape index (κ1) is 11.4. The molecule has 2 saturated heterocycles. The lowest BCUT2D eigenvalue weighted by molar-refractivity contribution is -0.0629. The Morgan fingerprint density at radius 1 is 1.13 bits per heavy atom. The van der Waals surface area contributed by atoms with Crippen molar-refractivity contribution >= 4 is 0 Å². The molecule has 3 nitrogen and oxygen atoms in total. The van der Waals surface area contributed by atoms with Crippen LogP contribution in [0.2, 0.25) is 0 Å². The van der Waals surface area contributed by atoms with Gasteiger partial charge < -0.3 is 15.2 Å². The molecule has 2 rings (SSSR count). The molecule has 0 bridgehead atoms. The van der Waals surface area contributed by atoms with Gasteiger partial charge in [0.05, 0.1) is 5.60 Å². The van der Waals surface area contributed by atoms with Crippen LogP contribution >= 0.6 is 0 Å². The highest BCUT2D eigenvalue weighted by molar-refractivity contribution is 4.91. The van der Waals surface area contributed by atoms with E-state index in [4.69, 9.17) is 4.74 Å². The summed E-state index contributed by atoms with van der Waals surface area (Å²) in [6.45, 7) is 5.96. The van der Waals surface area contributed by atoms with Crippen molar-refractivity contribution in [1.29, 1.82) is 0 Å². The molecule has 0 aliphatic carbocycles. The molecule has 0 saturated carbocycles. The number of hydrogen-bond donors (Lipinski definition) is 2. The van der Waals surface area contributed by atoms with Crippen LogP contribution in [0, 0.1) is 5.41 Å². The van der Waals surface area contributed by atoms with Crippen LogP contribution in [0.1, 0.15) is 39.0 Å². The van der Waals surface area contributed by atoms with Gasteiger partial charge in [-0.15, -0.1) is 0 Å². The Bertz CT molecular complexity index is 184. The lowest BCUT2D eigenvalue weighted by Crippen LogP contribution is -2.46. The zero-order chi connectivity index (χ0) is 10.8. The van der Waals surface area contributed by atoms with Crippen LogP contribution in [0.15, 0.2) is 0 Å². The van der Waals surface area contributed by atoms with E-state index < -0.39 is 5.60 Å². The van der Waals surface area contributed by atoms with E-state index in [9.17, 15) is 5.11 Å². The first-order valence-corrected chi connectivity index (χ1v) is 6.13. The molecule has 0 amide bonds. The van der Waals surface area contributed by atoms with Gasteiger partial charge in [-0.05, 0) is 50.6 Å². The molecule has 15 heavy (non-hydrogen) atoms. The smallest absolute Gasteiger partial charge is 0.0677 e. The molecular formula is C12H23NO2. The van der Waals surface area contributed by atoms with E-state index in [0.29, 0.717) is 5.41 Å². The first-order valence-electron chi connectivity index (χ1n) is 6.13. The fraction of sp³-hybridized carbons (Fsp3) is 1.00. The van der Waals surface area contributed by atoms with E-state index >= 15 is 0 Å². The zero-order valence-corrected chi connectivity index (χ0v) is 9.72. The minimum Gasteiger partial charge on any atom is -0.390 e. The number of rotatable bonds is 2. The highest BCUT2D eigenvalue weighted by atomic mass is 16.5. The summed E-state index contributed by atoms with van der Waals surface area (Å²) in [6.07, 6.45) is 4.96. The number of aliphatic hydroxyl groups is 1. The van der Waals surface area contributed by atoms with Gasteiger partial charge >= 0.3 is 0 Å². The maximum atomic E-state index is 10.5. The van der Waals surface area contributed by atoms with Gasteiger partial charge in [0, 0.05) is 13.2 Å². The van der Waals surface area contributed by atoms with Crippen molar-refractivity contribution in [2.24, 2.45) is 5.41 Å². The Kier molecular flexibility index (Phi) is 3.33. The minimum absolute atomic E-state index is 0.296. The fourth-order valence-electron chi connectivity index (χ4n) is 2.90. The second-order valence-electron chi connectivity index (χ2n) is 5.57. The Morgan fingerprint density at radius 3 is 2.33 bits per heavy atom. The molecule has 2 aliphatic rings. The molecule has 88 valence electrons. The summed E-state index contributed by atoms with van der Waals surface area (Å²) in [6, 6.07) is 0. The first-order chi connectivity index (χ1) is 7.12. The van der Waals surface area contributed by atoms with E-state index in [1.165, 1.54) is 0 Å². The van der Waals surface area contributed by atoms with Gasteiger partial charge in [-0.2, -0.15) is 0 Å². The Morgan fingerprint density at radius 2 is 1.73 bits per heavy atom. The summed E-state index contributed by atoms with van der Waals surface area (Å²) in [4.78, 5) is 0. The van der Waals surface area contributed by atoms with Gasteiger partial charge in [-0.3, -0.25) is 0 Å². The van der Waals surface area contributed by atoms with Crippen LogP contribution in [0.5, 0.6) is 0 Å². The summed E-state index contributed by atoms with van der Waals surface area (Å²) in [7, 11) is 0. The Labute approximate surface area is 92.2 Å². The maximum absolute atomic E-state index is 10.5.